The van der Waals surface area contributed by atoms with Crippen LogP contribution in [0, 0.1) is 0 Å². The minimum Gasteiger partial charge on any atom is -0.467 e. The molecule has 1 heterocycles. The molecule has 96 valence electrons. The number of hydrogen-bond donors (Lipinski definition) is 1. The van der Waals surface area contributed by atoms with Gasteiger partial charge in [-0.15, -0.1) is 0 Å². The summed E-state index contributed by atoms with van der Waals surface area (Å²) < 4.78 is 10.6. The highest BCUT2D eigenvalue weighted by Gasteiger charge is 2.15. The highest BCUT2D eigenvalue weighted by atomic mass is 16.7. The van der Waals surface area contributed by atoms with Gasteiger partial charge in [0.2, 0.25) is 0 Å². The van der Waals surface area contributed by atoms with E-state index in [0.717, 1.165) is 29.7 Å². The largest absolute Gasteiger partial charge is 0.467 e. The molecule has 1 aromatic heterocycles. The maximum Gasteiger partial charge on any atom is 0.188 e. The van der Waals surface area contributed by atoms with Crippen LogP contribution in [0.2, 0.25) is 0 Å². The average molecular weight is 246 g/mol. The van der Waals surface area contributed by atoms with Crippen molar-refractivity contribution in [1.29, 1.82) is 0 Å². The van der Waals surface area contributed by atoms with Crippen molar-refractivity contribution in [2.24, 2.45) is 5.73 Å². The van der Waals surface area contributed by atoms with Gasteiger partial charge in [-0.3, -0.25) is 4.98 Å². The minimum atomic E-state index is 0.243. The Bertz CT molecular complexity index is 452. The van der Waals surface area contributed by atoms with E-state index in [2.05, 4.69) is 4.98 Å². The van der Waals surface area contributed by atoms with Crippen LogP contribution in [0.3, 0.4) is 0 Å². The summed E-state index contributed by atoms with van der Waals surface area (Å²) in [7, 11) is 1.61. The fraction of sp³-hybridized carbons (Fsp3) is 0.357. The summed E-state index contributed by atoms with van der Waals surface area (Å²) in [6, 6.07) is 3.97. The van der Waals surface area contributed by atoms with Crippen LogP contribution in [0.15, 0.2) is 41.9 Å². The average Bonchev–Trinajstić information content (AvgIpc) is 2.45. The third kappa shape index (κ3) is 2.97. The van der Waals surface area contributed by atoms with Crippen molar-refractivity contribution in [3.63, 3.8) is 0 Å². The Morgan fingerprint density at radius 1 is 1.39 bits per heavy atom. The first-order valence-corrected chi connectivity index (χ1v) is 6.00. The van der Waals surface area contributed by atoms with Crippen molar-refractivity contribution in [2.75, 3.05) is 20.4 Å². The first-order valence-electron chi connectivity index (χ1n) is 6.00. The lowest BCUT2D eigenvalue weighted by Gasteiger charge is -2.20. The Labute approximate surface area is 107 Å². The SMILES string of the molecule is COCOC1=C(c2cccnc2)CCC(CN)=C1. The molecule has 1 aliphatic rings. The number of methoxy groups -OCH3 is 1. The summed E-state index contributed by atoms with van der Waals surface area (Å²) in [5.74, 6) is 0.844. The van der Waals surface area contributed by atoms with E-state index in [-0.39, 0.29) is 6.79 Å². The second-order valence-electron chi connectivity index (χ2n) is 4.14. The summed E-state index contributed by atoms with van der Waals surface area (Å²) >= 11 is 0. The van der Waals surface area contributed by atoms with Crippen molar-refractivity contribution in [3.8, 4) is 0 Å². The molecule has 0 unspecified atom stereocenters. The zero-order chi connectivity index (χ0) is 12.8. The Morgan fingerprint density at radius 3 is 2.94 bits per heavy atom. The molecule has 0 spiro atoms. The van der Waals surface area contributed by atoms with Gasteiger partial charge in [-0.25, -0.2) is 0 Å². The molecule has 0 amide bonds. The molecule has 1 aromatic rings. The maximum absolute atomic E-state index is 5.69. The molecule has 0 atom stereocenters. The van der Waals surface area contributed by atoms with Gasteiger partial charge in [0, 0.05) is 31.6 Å². The van der Waals surface area contributed by atoms with Crippen molar-refractivity contribution in [2.45, 2.75) is 12.8 Å². The van der Waals surface area contributed by atoms with Crippen molar-refractivity contribution >= 4 is 5.57 Å². The van der Waals surface area contributed by atoms with E-state index in [1.165, 1.54) is 5.57 Å². The van der Waals surface area contributed by atoms with Gasteiger partial charge in [0.1, 0.15) is 5.76 Å². The van der Waals surface area contributed by atoms with Crippen molar-refractivity contribution in [1.82, 2.24) is 4.98 Å². The second kappa shape index (κ2) is 6.33. The van der Waals surface area contributed by atoms with Crippen LogP contribution in [0.5, 0.6) is 0 Å². The zero-order valence-electron chi connectivity index (χ0n) is 10.6. The van der Waals surface area contributed by atoms with Crippen LogP contribution in [-0.2, 0) is 9.47 Å². The van der Waals surface area contributed by atoms with Gasteiger partial charge >= 0.3 is 0 Å². The number of allylic oxidation sites excluding steroid dienone is 2. The molecule has 0 fully saturated rings. The molecule has 2 rings (SSSR count). The summed E-state index contributed by atoms with van der Waals surface area (Å²) in [6.07, 6.45) is 7.54. The lowest BCUT2D eigenvalue weighted by atomic mass is 9.93. The molecule has 0 radical (unpaired) electrons. The van der Waals surface area contributed by atoms with Gasteiger partial charge in [0.15, 0.2) is 6.79 Å². The number of rotatable bonds is 5. The number of nitrogens with zero attached hydrogens (tertiary/aromatic N) is 1. The molecule has 2 N–H and O–H groups in total. The number of nitrogens with two attached hydrogens (primary N) is 1. The van der Waals surface area contributed by atoms with Crippen LogP contribution in [0.4, 0.5) is 0 Å². The molecule has 4 nitrogen and oxygen atoms in total. The monoisotopic (exact) mass is 246 g/mol. The molecule has 0 aliphatic heterocycles. The smallest absolute Gasteiger partial charge is 0.188 e. The summed E-state index contributed by atoms with van der Waals surface area (Å²) in [5.41, 5.74) is 9.15. The van der Waals surface area contributed by atoms with E-state index in [9.17, 15) is 0 Å². The van der Waals surface area contributed by atoms with E-state index in [4.69, 9.17) is 15.2 Å². The van der Waals surface area contributed by atoms with Gasteiger partial charge in [-0.05, 0) is 30.5 Å². The fourth-order valence-corrected chi connectivity index (χ4v) is 1.99. The van der Waals surface area contributed by atoms with Crippen LogP contribution in [0.1, 0.15) is 18.4 Å². The van der Waals surface area contributed by atoms with Gasteiger partial charge in [0.05, 0.1) is 0 Å². The maximum atomic E-state index is 5.69. The molecular weight excluding hydrogens is 228 g/mol. The van der Waals surface area contributed by atoms with Crippen LogP contribution >= 0.6 is 0 Å². The van der Waals surface area contributed by atoms with Crippen LogP contribution in [-0.4, -0.2) is 25.4 Å². The number of aromatic nitrogens is 1. The predicted molar refractivity (Wildman–Crippen MR) is 70.5 cm³/mol. The zero-order valence-corrected chi connectivity index (χ0v) is 10.6. The van der Waals surface area contributed by atoms with Crippen LogP contribution < -0.4 is 5.73 Å². The first kappa shape index (κ1) is 12.8. The van der Waals surface area contributed by atoms with Gasteiger partial charge < -0.3 is 15.2 Å². The van der Waals surface area contributed by atoms with Gasteiger partial charge in [-0.2, -0.15) is 0 Å². The standard InChI is InChI=1S/C14H18N2O2/c1-17-10-18-14-7-11(8-15)4-5-13(14)12-3-2-6-16-9-12/h2-3,6-7,9H,4-5,8,10,15H2,1H3. The molecule has 0 saturated heterocycles. The molecule has 1 aliphatic carbocycles. The molecule has 0 saturated carbocycles. The fourth-order valence-electron chi connectivity index (χ4n) is 1.99. The first-order chi connectivity index (χ1) is 8.85. The van der Waals surface area contributed by atoms with Gasteiger partial charge in [-0.1, -0.05) is 11.6 Å². The van der Waals surface area contributed by atoms with E-state index >= 15 is 0 Å². The normalized spacial score (nSPS) is 15.6. The molecule has 4 heteroatoms. The number of pyridine rings is 1. The lowest BCUT2D eigenvalue weighted by molar-refractivity contribution is 0.0102. The summed E-state index contributed by atoms with van der Waals surface area (Å²) in [6.45, 7) is 0.813. The van der Waals surface area contributed by atoms with Crippen LogP contribution in [0.25, 0.3) is 5.57 Å². The highest BCUT2D eigenvalue weighted by molar-refractivity contribution is 5.70. The number of hydrogen-bond acceptors (Lipinski definition) is 4. The van der Waals surface area contributed by atoms with Crippen molar-refractivity contribution < 1.29 is 9.47 Å². The van der Waals surface area contributed by atoms with E-state index in [0.29, 0.717) is 6.54 Å². The minimum absolute atomic E-state index is 0.243. The van der Waals surface area contributed by atoms with E-state index < -0.39 is 0 Å². The second-order valence-corrected chi connectivity index (χ2v) is 4.14. The molecule has 18 heavy (non-hydrogen) atoms. The lowest BCUT2D eigenvalue weighted by Crippen LogP contribution is -2.10. The summed E-state index contributed by atoms with van der Waals surface area (Å²) in [4.78, 5) is 4.15. The quantitative estimate of drug-likeness (QED) is 0.808. The predicted octanol–water partition coefficient (Wildman–Crippen LogP) is 2.09. The molecular formula is C14H18N2O2. The Kier molecular flexibility index (Phi) is 4.50. The summed E-state index contributed by atoms with van der Waals surface area (Å²) in [5, 5.41) is 0. The molecule has 0 aromatic carbocycles. The van der Waals surface area contributed by atoms with Gasteiger partial charge in [0.25, 0.3) is 0 Å². The van der Waals surface area contributed by atoms with E-state index in [1.54, 1.807) is 13.3 Å². The van der Waals surface area contributed by atoms with E-state index in [1.807, 2.05) is 24.4 Å². The topological polar surface area (TPSA) is 57.4 Å². The number of ether oxygens (including phenoxy) is 2. The highest BCUT2D eigenvalue weighted by Crippen LogP contribution is 2.31. The third-order valence-corrected chi connectivity index (χ3v) is 2.93. The van der Waals surface area contributed by atoms with Crippen molar-refractivity contribution in [3.05, 3.63) is 47.5 Å². The Morgan fingerprint density at radius 2 is 2.28 bits per heavy atom. The third-order valence-electron chi connectivity index (χ3n) is 2.93. The Balaban J connectivity index is 2.32. The Hall–Kier alpha value is -1.65. The molecule has 0 bridgehead atoms.